The normalized spacial score (nSPS) is 11.3. The SMILES string of the molecule is Clc1cc(-c2cccc(-c3nc4ccccc4s3)c2)cc(-c2ccc(Br)c3ccccc23)c1. The molecule has 0 saturated heterocycles. The monoisotopic (exact) mass is 525 g/mol. The van der Waals surface area contributed by atoms with Gasteiger partial charge in [0.25, 0.3) is 0 Å². The molecule has 1 aromatic heterocycles. The van der Waals surface area contributed by atoms with Crippen molar-refractivity contribution in [2.45, 2.75) is 0 Å². The molecule has 0 N–H and O–H groups in total. The molecule has 0 radical (unpaired) electrons. The Morgan fingerprint density at radius 3 is 2.24 bits per heavy atom. The number of fused-ring (bicyclic) bond motifs is 2. The van der Waals surface area contributed by atoms with Crippen LogP contribution in [0, 0.1) is 0 Å². The molecule has 6 rings (SSSR count). The minimum absolute atomic E-state index is 0.722. The Labute approximate surface area is 209 Å². The molecule has 158 valence electrons. The quantitative estimate of drug-likeness (QED) is 0.223. The molecular weight excluding hydrogens is 510 g/mol. The molecule has 0 aliphatic rings. The Bertz CT molecular complexity index is 1620. The molecule has 33 heavy (non-hydrogen) atoms. The first-order valence-corrected chi connectivity index (χ1v) is 12.6. The van der Waals surface area contributed by atoms with Crippen LogP contribution in [0.4, 0.5) is 0 Å². The zero-order valence-electron chi connectivity index (χ0n) is 17.4. The fourth-order valence-corrected chi connectivity index (χ4v) is 5.93. The first-order valence-electron chi connectivity index (χ1n) is 10.6. The van der Waals surface area contributed by atoms with E-state index in [0.717, 1.165) is 42.3 Å². The molecule has 0 unspecified atom stereocenters. The Balaban J connectivity index is 1.47. The second-order valence-corrected chi connectivity index (χ2v) is 10.3. The molecule has 1 nitrogen and oxygen atoms in total. The van der Waals surface area contributed by atoms with Gasteiger partial charge in [-0.05, 0) is 75.5 Å². The van der Waals surface area contributed by atoms with Gasteiger partial charge in [0.2, 0.25) is 0 Å². The van der Waals surface area contributed by atoms with E-state index in [-0.39, 0.29) is 0 Å². The predicted molar refractivity (Wildman–Crippen MR) is 146 cm³/mol. The van der Waals surface area contributed by atoms with E-state index in [1.54, 1.807) is 11.3 Å². The van der Waals surface area contributed by atoms with Gasteiger partial charge in [-0.1, -0.05) is 88.2 Å². The van der Waals surface area contributed by atoms with Crippen molar-refractivity contribution in [2.75, 3.05) is 0 Å². The summed E-state index contributed by atoms with van der Waals surface area (Å²) in [7, 11) is 0. The summed E-state index contributed by atoms with van der Waals surface area (Å²) in [6.45, 7) is 0. The smallest absolute Gasteiger partial charge is 0.124 e. The van der Waals surface area contributed by atoms with Gasteiger partial charge in [0.05, 0.1) is 10.2 Å². The number of para-hydroxylation sites is 1. The number of nitrogens with zero attached hydrogens (tertiary/aromatic N) is 1. The van der Waals surface area contributed by atoms with Gasteiger partial charge in [-0.3, -0.25) is 0 Å². The van der Waals surface area contributed by atoms with Crippen LogP contribution in [0.3, 0.4) is 0 Å². The van der Waals surface area contributed by atoms with Gasteiger partial charge in [-0.2, -0.15) is 0 Å². The largest absolute Gasteiger partial charge is 0.236 e. The number of halogens is 2. The average Bonchev–Trinajstić information content (AvgIpc) is 3.29. The molecule has 5 aromatic carbocycles. The van der Waals surface area contributed by atoms with Crippen LogP contribution in [-0.2, 0) is 0 Å². The van der Waals surface area contributed by atoms with Gasteiger partial charge >= 0.3 is 0 Å². The Morgan fingerprint density at radius 1 is 0.636 bits per heavy atom. The molecule has 0 atom stereocenters. The summed E-state index contributed by atoms with van der Waals surface area (Å²) in [6, 6.07) is 35.8. The molecule has 0 amide bonds. The van der Waals surface area contributed by atoms with E-state index in [0.29, 0.717) is 0 Å². The van der Waals surface area contributed by atoms with Crippen molar-refractivity contribution in [3.05, 3.63) is 113 Å². The average molecular weight is 527 g/mol. The molecule has 0 bridgehead atoms. The highest BCUT2D eigenvalue weighted by atomic mass is 79.9. The van der Waals surface area contributed by atoms with Gasteiger partial charge in [-0.25, -0.2) is 4.98 Å². The van der Waals surface area contributed by atoms with Crippen LogP contribution in [0.5, 0.6) is 0 Å². The zero-order valence-corrected chi connectivity index (χ0v) is 20.6. The van der Waals surface area contributed by atoms with Crippen molar-refractivity contribution in [2.24, 2.45) is 0 Å². The number of rotatable bonds is 3. The number of aromatic nitrogens is 1. The zero-order chi connectivity index (χ0) is 22.4. The van der Waals surface area contributed by atoms with Gasteiger partial charge < -0.3 is 0 Å². The van der Waals surface area contributed by atoms with E-state index in [2.05, 4.69) is 101 Å². The molecular formula is C29H17BrClNS. The highest BCUT2D eigenvalue weighted by Crippen LogP contribution is 2.38. The Kier molecular flexibility index (Phi) is 5.26. The van der Waals surface area contributed by atoms with Crippen LogP contribution in [0.2, 0.25) is 5.02 Å². The van der Waals surface area contributed by atoms with E-state index in [1.807, 2.05) is 18.2 Å². The summed E-state index contributed by atoms with van der Waals surface area (Å²) >= 11 is 12.0. The summed E-state index contributed by atoms with van der Waals surface area (Å²) < 4.78 is 2.29. The van der Waals surface area contributed by atoms with Crippen LogP contribution in [0.1, 0.15) is 0 Å². The fourth-order valence-electron chi connectivity index (χ4n) is 4.25. The van der Waals surface area contributed by atoms with E-state index in [9.17, 15) is 0 Å². The molecule has 6 aromatic rings. The maximum atomic E-state index is 6.62. The Morgan fingerprint density at radius 2 is 1.36 bits per heavy atom. The van der Waals surface area contributed by atoms with Crippen molar-refractivity contribution in [1.82, 2.24) is 4.98 Å². The third kappa shape index (κ3) is 3.87. The van der Waals surface area contributed by atoms with E-state index in [1.165, 1.54) is 21.0 Å². The van der Waals surface area contributed by atoms with Gasteiger partial charge in [0.1, 0.15) is 5.01 Å². The summed E-state index contributed by atoms with van der Waals surface area (Å²) in [5, 5.41) is 4.14. The summed E-state index contributed by atoms with van der Waals surface area (Å²) in [6.07, 6.45) is 0. The lowest BCUT2D eigenvalue weighted by molar-refractivity contribution is 1.47. The minimum atomic E-state index is 0.722. The second kappa shape index (κ2) is 8.42. The lowest BCUT2D eigenvalue weighted by Gasteiger charge is -2.12. The van der Waals surface area contributed by atoms with Crippen molar-refractivity contribution in [3.63, 3.8) is 0 Å². The van der Waals surface area contributed by atoms with Gasteiger partial charge in [0.15, 0.2) is 0 Å². The standard InChI is InChI=1S/C29H17BrClNS/c30-26-13-12-23(24-8-1-2-9-25(24)26)21-15-20(16-22(31)17-21)18-6-5-7-19(14-18)29-32-27-10-3-4-11-28(27)33-29/h1-17H. The lowest BCUT2D eigenvalue weighted by atomic mass is 9.95. The van der Waals surface area contributed by atoms with Crippen LogP contribution in [0.15, 0.2) is 108 Å². The maximum absolute atomic E-state index is 6.62. The lowest BCUT2D eigenvalue weighted by Crippen LogP contribution is -1.86. The van der Waals surface area contributed by atoms with Crippen molar-refractivity contribution in [1.29, 1.82) is 0 Å². The fraction of sp³-hybridized carbons (Fsp3) is 0. The number of thiazole rings is 1. The molecule has 4 heteroatoms. The van der Waals surface area contributed by atoms with Crippen LogP contribution in [0.25, 0.3) is 53.8 Å². The number of benzene rings is 5. The van der Waals surface area contributed by atoms with E-state index >= 15 is 0 Å². The van der Waals surface area contributed by atoms with Gasteiger partial charge in [-0.15, -0.1) is 11.3 Å². The second-order valence-electron chi connectivity index (χ2n) is 7.94. The molecule has 0 saturated carbocycles. The molecule has 0 fully saturated rings. The van der Waals surface area contributed by atoms with Gasteiger partial charge in [0, 0.05) is 15.1 Å². The van der Waals surface area contributed by atoms with Crippen LogP contribution in [-0.4, -0.2) is 4.98 Å². The number of hydrogen-bond acceptors (Lipinski definition) is 2. The minimum Gasteiger partial charge on any atom is -0.236 e. The first kappa shape index (κ1) is 20.6. The highest BCUT2D eigenvalue weighted by Gasteiger charge is 2.11. The maximum Gasteiger partial charge on any atom is 0.124 e. The predicted octanol–water partition coefficient (Wildman–Crippen LogP) is 9.87. The molecule has 0 aliphatic carbocycles. The summed E-state index contributed by atoms with van der Waals surface area (Å²) in [5.41, 5.74) is 6.63. The number of hydrogen-bond donors (Lipinski definition) is 0. The van der Waals surface area contributed by atoms with Crippen molar-refractivity contribution < 1.29 is 0 Å². The molecule has 1 heterocycles. The van der Waals surface area contributed by atoms with Crippen LogP contribution >= 0.6 is 38.9 Å². The topological polar surface area (TPSA) is 12.9 Å². The van der Waals surface area contributed by atoms with E-state index < -0.39 is 0 Å². The molecule has 0 aliphatic heterocycles. The van der Waals surface area contributed by atoms with E-state index in [4.69, 9.17) is 16.6 Å². The summed E-state index contributed by atoms with van der Waals surface area (Å²) in [4.78, 5) is 4.83. The van der Waals surface area contributed by atoms with Crippen LogP contribution < -0.4 is 0 Å². The highest BCUT2D eigenvalue weighted by molar-refractivity contribution is 9.10. The third-order valence-corrected chi connectivity index (χ3v) is 7.81. The third-order valence-electron chi connectivity index (χ3n) is 5.82. The Hall–Kier alpha value is -2.98. The summed E-state index contributed by atoms with van der Waals surface area (Å²) in [5.74, 6) is 0. The molecule has 0 spiro atoms. The van der Waals surface area contributed by atoms with Crippen molar-refractivity contribution in [3.8, 4) is 32.8 Å². The first-order chi connectivity index (χ1) is 16.2. The van der Waals surface area contributed by atoms with Crippen molar-refractivity contribution >= 4 is 59.9 Å².